The molecule has 0 fully saturated rings. The first-order valence-corrected chi connectivity index (χ1v) is 7.67. The maximum Gasteiger partial charge on any atom is 0.229 e. The van der Waals surface area contributed by atoms with Gasteiger partial charge >= 0.3 is 0 Å². The molecule has 5 heteroatoms. The van der Waals surface area contributed by atoms with Gasteiger partial charge in [-0.25, -0.2) is 4.98 Å². The van der Waals surface area contributed by atoms with Crippen molar-refractivity contribution in [1.82, 2.24) is 9.97 Å². The fourth-order valence-electron chi connectivity index (χ4n) is 1.79. The third kappa shape index (κ3) is 4.49. The summed E-state index contributed by atoms with van der Waals surface area (Å²) < 4.78 is 0.991. The molecule has 0 spiro atoms. The van der Waals surface area contributed by atoms with E-state index in [-0.39, 0.29) is 0 Å². The van der Waals surface area contributed by atoms with Crippen LogP contribution in [0.4, 0.5) is 17.5 Å². The molecular formula is C15H19BrN4. The monoisotopic (exact) mass is 334 g/mol. The van der Waals surface area contributed by atoms with Crippen molar-refractivity contribution in [3.05, 3.63) is 41.0 Å². The van der Waals surface area contributed by atoms with E-state index in [9.17, 15) is 0 Å². The smallest absolute Gasteiger partial charge is 0.229 e. The van der Waals surface area contributed by atoms with Crippen molar-refractivity contribution in [1.29, 1.82) is 0 Å². The Bertz CT molecular complexity index is 545. The highest BCUT2D eigenvalue weighted by atomic mass is 79.9. The van der Waals surface area contributed by atoms with Gasteiger partial charge in [-0.3, -0.25) is 0 Å². The van der Waals surface area contributed by atoms with Crippen molar-refractivity contribution in [2.45, 2.75) is 26.2 Å². The highest BCUT2D eigenvalue weighted by Gasteiger charge is 2.02. The largest absolute Gasteiger partial charge is 0.370 e. The van der Waals surface area contributed by atoms with Crippen LogP contribution < -0.4 is 10.6 Å². The number of aromatic nitrogens is 2. The van der Waals surface area contributed by atoms with Crippen LogP contribution in [0.25, 0.3) is 0 Å². The summed E-state index contributed by atoms with van der Waals surface area (Å²) in [6.07, 6.45) is 5.38. The Kier molecular flexibility index (Phi) is 5.80. The topological polar surface area (TPSA) is 49.8 Å². The van der Waals surface area contributed by atoms with Crippen LogP contribution in [0.5, 0.6) is 0 Å². The second-order valence-electron chi connectivity index (χ2n) is 4.50. The van der Waals surface area contributed by atoms with Gasteiger partial charge in [-0.05, 0) is 40.5 Å². The van der Waals surface area contributed by atoms with E-state index in [4.69, 9.17) is 0 Å². The molecule has 2 rings (SSSR count). The Labute approximate surface area is 128 Å². The number of nitrogens with zero attached hydrogens (tertiary/aromatic N) is 2. The molecule has 0 aliphatic heterocycles. The van der Waals surface area contributed by atoms with Gasteiger partial charge in [0.25, 0.3) is 0 Å². The van der Waals surface area contributed by atoms with E-state index >= 15 is 0 Å². The molecule has 2 N–H and O–H groups in total. The van der Waals surface area contributed by atoms with Gasteiger partial charge < -0.3 is 10.6 Å². The molecule has 1 aromatic carbocycles. The SMILES string of the molecule is CCCCCNc1ccnc(Nc2ccccc2Br)n1. The molecule has 2 aromatic rings. The molecule has 0 atom stereocenters. The lowest BCUT2D eigenvalue weighted by Crippen LogP contribution is -2.05. The van der Waals surface area contributed by atoms with Crippen LogP contribution >= 0.6 is 15.9 Å². The first-order valence-electron chi connectivity index (χ1n) is 6.88. The first kappa shape index (κ1) is 14.8. The third-order valence-electron chi connectivity index (χ3n) is 2.86. The Morgan fingerprint density at radius 3 is 2.80 bits per heavy atom. The number of para-hydroxylation sites is 1. The summed E-state index contributed by atoms with van der Waals surface area (Å²) >= 11 is 3.50. The lowest BCUT2D eigenvalue weighted by Gasteiger charge is -2.09. The summed E-state index contributed by atoms with van der Waals surface area (Å²) in [5.74, 6) is 1.45. The second kappa shape index (κ2) is 7.85. The number of rotatable bonds is 7. The highest BCUT2D eigenvalue weighted by Crippen LogP contribution is 2.23. The maximum absolute atomic E-state index is 4.45. The number of unbranched alkanes of at least 4 members (excludes halogenated alkanes) is 2. The molecule has 0 aliphatic rings. The van der Waals surface area contributed by atoms with Crippen molar-refractivity contribution >= 4 is 33.4 Å². The molecule has 0 aliphatic carbocycles. The lowest BCUT2D eigenvalue weighted by atomic mass is 10.2. The van der Waals surface area contributed by atoms with Crippen LogP contribution in [-0.4, -0.2) is 16.5 Å². The fourth-order valence-corrected chi connectivity index (χ4v) is 2.18. The zero-order valence-electron chi connectivity index (χ0n) is 11.6. The van der Waals surface area contributed by atoms with E-state index in [1.807, 2.05) is 30.3 Å². The summed E-state index contributed by atoms with van der Waals surface area (Å²) in [4.78, 5) is 8.69. The number of benzene rings is 1. The molecule has 0 bridgehead atoms. The normalized spacial score (nSPS) is 10.3. The minimum atomic E-state index is 0.595. The fraction of sp³-hybridized carbons (Fsp3) is 0.333. The van der Waals surface area contributed by atoms with Gasteiger partial charge in [0.05, 0.1) is 5.69 Å². The van der Waals surface area contributed by atoms with Gasteiger partial charge in [-0.15, -0.1) is 0 Å². The Morgan fingerprint density at radius 1 is 1.15 bits per heavy atom. The quantitative estimate of drug-likeness (QED) is 0.727. The van der Waals surface area contributed by atoms with Crippen molar-refractivity contribution in [2.75, 3.05) is 17.2 Å². The summed E-state index contributed by atoms with van der Waals surface area (Å²) in [6, 6.07) is 9.79. The van der Waals surface area contributed by atoms with Gasteiger partial charge in [0.2, 0.25) is 5.95 Å². The van der Waals surface area contributed by atoms with Crippen molar-refractivity contribution < 1.29 is 0 Å². The minimum absolute atomic E-state index is 0.595. The average molecular weight is 335 g/mol. The van der Waals surface area contributed by atoms with Crippen LogP contribution in [-0.2, 0) is 0 Å². The number of halogens is 1. The van der Waals surface area contributed by atoms with Crippen LogP contribution in [0, 0.1) is 0 Å². The molecule has 1 heterocycles. The summed E-state index contributed by atoms with van der Waals surface area (Å²) in [7, 11) is 0. The lowest BCUT2D eigenvalue weighted by molar-refractivity contribution is 0.742. The molecule has 1 aromatic heterocycles. The maximum atomic E-state index is 4.45. The Balaban J connectivity index is 1.97. The summed E-state index contributed by atoms with van der Waals surface area (Å²) in [5, 5.41) is 6.52. The van der Waals surface area contributed by atoms with Crippen LogP contribution in [0.15, 0.2) is 41.0 Å². The van der Waals surface area contributed by atoms with Crippen molar-refractivity contribution in [3.8, 4) is 0 Å². The molecule has 4 nitrogen and oxygen atoms in total. The predicted molar refractivity (Wildman–Crippen MR) is 87.5 cm³/mol. The van der Waals surface area contributed by atoms with Gasteiger partial charge in [0, 0.05) is 17.2 Å². The van der Waals surface area contributed by atoms with Gasteiger partial charge in [-0.2, -0.15) is 4.98 Å². The number of nitrogens with one attached hydrogen (secondary N) is 2. The molecule has 0 radical (unpaired) electrons. The molecule has 106 valence electrons. The van der Waals surface area contributed by atoms with E-state index in [0.29, 0.717) is 5.95 Å². The molecule has 0 amide bonds. The zero-order valence-corrected chi connectivity index (χ0v) is 13.2. The number of anilines is 3. The van der Waals surface area contributed by atoms with Gasteiger partial charge in [-0.1, -0.05) is 31.9 Å². The van der Waals surface area contributed by atoms with Crippen LogP contribution in [0.2, 0.25) is 0 Å². The van der Waals surface area contributed by atoms with E-state index in [2.05, 4.69) is 43.5 Å². The highest BCUT2D eigenvalue weighted by molar-refractivity contribution is 9.10. The molecule has 0 saturated carbocycles. The molecular weight excluding hydrogens is 316 g/mol. The van der Waals surface area contributed by atoms with E-state index in [1.165, 1.54) is 12.8 Å². The standard InChI is InChI=1S/C15H19BrN4/c1-2-3-6-10-17-14-9-11-18-15(20-14)19-13-8-5-4-7-12(13)16/h4-5,7-9,11H,2-3,6,10H2,1H3,(H2,17,18,19,20). The molecule has 0 saturated heterocycles. The molecule has 20 heavy (non-hydrogen) atoms. The predicted octanol–water partition coefficient (Wildman–Crippen LogP) is 4.58. The zero-order chi connectivity index (χ0) is 14.2. The minimum Gasteiger partial charge on any atom is -0.370 e. The van der Waals surface area contributed by atoms with Gasteiger partial charge in [0.1, 0.15) is 5.82 Å². The third-order valence-corrected chi connectivity index (χ3v) is 3.55. The second-order valence-corrected chi connectivity index (χ2v) is 5.36. The Hall–Kier alpha value is -1.62. The van der Waals surface area contributed by atoms with Crippen molar-refractivity contribution in [3.63, 3.8) is 0 Å². The van der Waals surface area contributed by atoms with E-state index in [1.54, 1.807) is 6.20 Å². The Morgan fingerprint density at radius 2 is 2.00 bits per heavy atom. The van der Waals surface area contributed by atoms with Crippen LogP contribution in [0.1, 0.15) is 26.2 Å². The summed E-state index contributed by atoms with van der Waals surface area (Å²) in [5.41, 5.74) is 0.954. The van der Waals surface area contributed by atoms with Crippen molar-refractivity contribution in [2.24, 2.45) is 0 Å². The number of hydrogen-bond acceptors (Lipinski definition) is 4. The van der Waals surface area contributed by atoms with E-state index < -0.39 is 0 Å². The average Bonchev–Trinajstić information content (AvgIpc) is 2.47. The van der Waals surface area contributed by atoms with E-state index in [0.717, 1.165) is 28.9 Å². The summed E-state index contributed by atoms with van der Waals surface area (Å²) in [6.45, 7) is 3.14. The van der Waals surface area contributed by atoms with Crippen LogP contribution in [0.3, 0.4) is 0 Å². The number of hydrogen-bond donors (Lipinski definition) is 2. The molecule has 0 unspecified atom stereocenters. The first-order chi connectivity index (χ1) is 9.79. The van der Waals surface area contributed by atoms with Gasteiger partial charge in [0.15, 0.2) is 0 Å².